The van der Waals surface area contributed by atoms with Crippen molar-refractivity contribution in [3.8, 4) is 0 Å². The summed E-state index contributed by atoms with van der Waals surface area (Å²) in [6.07, 6.45) is 1.14. The van der Waals surface area contributed by atoms with E-state index in [4.69, 9.17) is 4.52 Å². The molecule has 0 aliphatic rings. The van der Waals surface area contributed by atoms with E-state index in [-0.39, 0.29) is 0 Å². The van der Waals surface area contributed by atoms with Crippen LogP contribution in [-0.4, -0.2) is 5.16 Å². The minimum atomic E-state index is 0.435. The zero-order valence-corrected chi connectivity index (χ0v) is 9.22. The average molecular weight is 181 g/mol. The molecule has 1 aromatic rings. The summed E-state index contributed by atoms with van der Waals surface area (Å²) in [5, 5.41) is 4.03. The lowest BCUT2D eigenvalue weighted by Gasteiger charge is -2.10. The molecule has 0 aromatic carbocycles. The smallest absolute Gasteiger partial charge is 0.142 e. The molecule has 0 aliphatic heterocycles. The van der Waals surface area contributed by atoms with Crippen molar-refractivity contribution in [1.29, 1.82) is 0 Å². The molecule has 0 fully saturated rings. The summed E-state index contributed by atoms with van der Waals surface area (Å²) in [5.74, 6) is 2.06. The Morgan fingerprint density at radius 1 is 1.31 bits per heavy atom. The van der Waals surface area contributed by atoms with E-state index in [0.717, 1.165) is 17.9 Å². The number of hydrogen-bond donors (Lipinski definition) is 0. The van der Waals surface area contributed by atoms with E-state index in [1.807, 2.05) is 6.92 Å². The second kappa shape index (κ2) is 3.95. The van der Waals surface area contributed by atoms with E-state index in [0.29, 0.717) is 11.8 Å². The van der Waals surface area contributed by atoms with Crippen molar-refractivity contribution in [2.75, 3.05) is 0 Å². The topological polar surface area (TPSA) is 26.0 Å². The lowest BCUT2D eigenvalue weighted by Crippen LogP contribution is -1.98. The fraction of sp³-hybridized carbons (Fsp3) is 0.727. The minimum Gasteiger partial charge on any atom is -0.361 e. The van der Waals surface area contributed by atoms with E-state index in [1.54, 1.807) is 0 Å². The summed E-state index contributed by atoms with van der Waals surface area (Å²) in [7, 11) is 0. The van der Waals surface area contributed by atoms with Gasteiger partial charge in [0.2, 0.25) is 0 Å². The fourth-order valence-electron chi connectivity index (χ4n) is 1.61. The zero-order chi connectivity index (χ0) is 10.0. The van der Waals surface area contributed by atoms with Gasteiger partial charge in [0, 0.05) is 11.5 Å². The van der Waals surface area contributed by atoms with Crippen molar-refractivity contribution in [3.05, 3.63) is 17.0 Å². The van der Waals surface area contributed by atoms with Crippen LogP contribution < -0.4 is 0 Å². The molecular weight excluding hydrogens is 162 g/mol. The van der Waals surface area contributed by atoms with E-state index < -0.39 is 0 Å². The molecule has 1 heterocycles. The molecule has 1 aromatic heterocycles. The lowest BCUT2D eigenvalue weighted by atomic mass is 9.93. The van der Waals surface area contributed by atoms with Gasteiger partial charge in [-0.2, -0.15) is 0 Å². The first-order valence-corrected chi connectivity index (χ1v) is 5.04. The van der Waals surface area contributed by atoms with Crippen molar-refractivity contribution in [3.63, 3.8) is 0 Å². The second-order valence-electron chi connectivity index (χ2n) is 4.01. The van der Waals surface area contributed by atoms with Gasteiger partial charge in [0.25, 0.3) is 0 Å². The molecular formula is C11H19NO. The van der Waals surface area contributed by atoms with Crippen LogP contribution in [-0.2, 0) is 0 Å². The Labute approximate surface area is 80.3 Å². The summed E-state index contributed by atoms with van der Waals surface area (Å²) < 4.78 is 5.33. The Hall–Kier alpha value is -0.790. The molecule has 0 N–H and O–H groups in total. The first-order chi connectivity index (χ1) is 6.07. The summed E-state index contributed by atoms with van der Waals surface area (Å²) in [6, 6.07) is 0. The minimum absolute atomic E-state index is 0.435. The molecule has 2 heteroatoms. The molecule has 0 aliphatic carbocycles. The van der Waals surface area contributed by atoms with Gasteiger partial charge in [-0.05, 0) is 19.3 Å². The van der Waals surface area contributed by atoms with Crippen LogP contribution in [0.4, 0.5) is 0 Å². The fourth-order valence-corrected chi connectivity index (χ4v) is 1.61. The first kappa shape index (κ1) is 10.3. The lowest BCUT2D eigenvalue weighted by molar-refractivity contribution is 0.365. The Morgan fingerprint density at radius 3 is 2.38 bits per heavy atom. The number of aryl methyl sites for hydroxylation is 1. The number of hydrogen-bond acceptors (Lipinski definition) is 2. The van der Waals surface area contributed by atoms with Crippen LogP contribution in [0.1, 0.15) is 63.0 Å². The van der Waals surface area contributed by atoms with Crippen LogP contribution in [0.2, 0.25) is 0 Å². The van der Waals surface area contributed by atoms with Crippen LogP contribution in [0.5, 0.6) is 0 Å². The highest BCUT2D eigenvalue weighted by Crippen LogP contribution is 2.30. The van der Waals surface area contributed by atoms with Crippen molar-refractivity contribution >= 4 is 0 Å². The third-order valence-corrected chi connectivity index (χ3v) is 2.57. The monoisotopic (exact) mass is 181 g/mol. The summed E-state index contributed by atoms with van der Waals surface area (Å²) >= 11 is 0. The first-order valence-electron chi connectivity index (χ1n) is 5.04. The second-order valence-corrected chi connectivity index (χ2v) is 4.01. The molecule has 2 nitrogen and oxygen atoms in total. The van der Waals surface area contributed by atoms with Crippen molar-refractivity contribution in [2.24, 2.45) is 0 Å². The van der Waals surface area contributed by atoms with Gasteiger partial charge in [-0.15, -0.1) is 0 Å². The van der Waals surface area contributed by atoms with Crippen LogP contribution in [0.25, 0.3) is 0 Å². The summed E-state index contributed by atoms with van der Waals surface area (Å²) in [4.78, 5) is 0. The molecule has 1 atom stereocenters. The maximum absolute atomic E-state index is 5.33. The SMILES string of the molecule is CCC(C)c1c(C)noc1C(C)C. The number of nitrogens with zero attached hydrogens (tertiary/aromatic N) is 1. The normalized spacial score (nSPS) is 13.7. The molecule has 1 rings (SSSR count). The highest BCUT2D eigenvalue weighted by Gasteiger charge is 2.19. The molecule has 0 spiro atoms. The van der Waals surface area contributed by atoms with Crippen LogP contribution >= 0.6 is 0 Å². The molecule has 0 saturated carbocycles. The largest absolute Gasteiger partial charge is 0.361 e. The maximum Gasteiger partial charge on any atom is 0.142 e. The third kappa shape index (κ3) is 1.93. The predicted octanol–water partition coefficient (Wildman–Crippen LogP) is 3.62. The molecule has 1 unspecified atom stereocenters. The van der Waals surface area contributed by atoms with E-state index in [2.05, 4.69) is 32.9 Å². The molecule has 0 saturated heterocycles. The van der Waals surface area contributed by atoms with E-state index in [1.165, 1.54) is 5.56 Å². The van der Waals surface area contributed by atoms with Gasteiger partial charge in [-0.25, -0.2) is 0 Å². The zero-order valence-electron chi connectivity index (χ0n) is 9.22. The Balaban J connectivity index is 3.08. The molecule has 0 bridgehead atoms. The molecule has 0 amide bonds. The number of aromatic nitrogens is 1. The summed E-state index contributed by atoms with van der Waals surface area (Å²) in [5.41, 5.74) is 2.37. The van der Waals surface area contributed by atoms with Gasteiger partial charge in [0.05, 0.1) is 5.69 Å². The third-order valence-electron chi connectivity index (χ3n) is 2.57. The Bertz CT molecular complexity index is 276. The van der Waals surface area contributed by atoms with Gasteiger partial charge in [0.15, 0.2) is 0 Å². The van der Waals surface area contributed by atoms with Crippen LogP contribution in [0.15, 0.2) is 4.52 Å². The van der Waals surface area contributed by atoms with Gasteiger partial charge in [0.1, 0.15) is 5.76 Å². The van der Waals surface area contributed by atoms with Crippen molar-refractivity contribution < 1.29 is 4.52 Å². The van der Waals surface area contributed by atoms with Crippen LogP contribution in [0, 0.1) is 6.92 Å². The highest BCUT2D eigenvalue weighted by molar-refractivity contribution is 5.27. The van der Waals surface area contributed by atoms with Crippen molar-refractivity contribution in [2.45, 2.75) is 52.9 Å². The van der Waals surface area contributed by atoms with Gasteiger partial charge in [-0.1, -0.05) is 32.9 Å². The Kier molecular flexibility index (Phi) is 3.12. The number of rotatable bonds is 3. The average Bonchev–Trinajstić information content (AvgIpc) is 2.46. The van der Waals surface area contributed by atoms with Crippen molar-refractivity contribution in [1.82, 2.24) is 5.16 Å². The standard InChI is InChI=1S/C11H19NO/c1-6-8(4)10-9(5)12-13-11(10)7(2)3/h7-8H,6H2,1-5H3. The Morgan fingerprint density at radius 2 is 1.92 bits per heavy atom. The highest BCUT2D eigenvalue weighted by atomic mass is 16.5. The summed E-state index contributed by atoms with van der Waals surface area (Å²) in [6.45, 7) is 10.7. The van der Waals surface area contributed by atoms with Gasteiger partial charge >= 0.3 is 0 Å². The molecule has 74 valence electrons. The molecule has 0 radical (unpaired) electrons. The van der Waals surface area contributed by atoms with E-state index >= 15 is 0 Å². The van der Waals surface area contributed by atoms with Crippen LogP contribution in [0.3, 0.4) is 0 Å². The maximum atomic E-state index is 5.33. The van der Waals surface area contributed by atoms with Gasteiger partial charge in [-0.3, -0.25) is 0 Å². The van der Waals surface area contributed by atoms with E-state index in [9.17, 15) is 0 Å². The predicted molar refractivity (Wildman–Crippen MR) is 54.0 cm³/mol. The quantitative estimate of drug-likeness (QED) is 0.711. The molecule has 13 heavy (non-hydrogen) atoms. The van der Waals surface area contributed by atoms with Gasteiger partial charge < -0.3 is 4.52 Å².